The second-order valence-corrected chi connectivity index (χ2v) is 9.86. The predicted octanol–water partition coefficient (Wildman–Crippen LogP) is 4.07. The molecular formula is C24H29ClN2O3S. The van der Waals surface area contributed by atoms with E-state index in [0.717, 1.165) is 42.7 Å². The molecule has 0 spiro atoms. The van der Waals surface area contributed by atoms with Gasteiger partial charge < -0.3 is 9.87 Å². The number of β-lactam (4-membered cyclic amide) rings is 1. The molecule has 5 nitrogen and oxygen atoms in total. The van der Waals surface area contributed by atoms with Crippen molar-refractivity contribution in [1.82, 2.24) is 10.2 Å². The Balaban J connectivity index is 1.28. The number of carbonyl (C=O) groups excluding carboxylic acids is 2. The molecule has 1 saturated heterocycles. The van der Waals surface area contributed by atoms with Crippen LogP contribution in [0.1, 0.15) is 43.2 Å². The lowest BCUT2D eigenvalue weighted by Gasteiger charge is -2.39. The largest absolute Gasteiger partial charge is 0.614 e. The molecule has 2 amide bonds. The highest BCUT2D eigenvalue weighted by molar-refractivity contribution is 7.91. The number of likely N-dealkylation sites (tertiary alicyclic amines) is 1. The van der Waals surface area contributed by atoms with Crippen LogP contribution in [0, 0.1) is 0 Å². The summed E-state index contributed by atoms with van der Waals surface area (Å²) in [6.07, 6.45) is 5.43. The molecule has 166 valence electrons. The van der Waals surface area contributed by atoms with Gasteiger partial charge in [0.15, 0.2) is 5.37 Å². The fourth-order valence-electron chi connectivity index (χ4n) is 3.58. The topological polar surface area (TPSA) is 72.5 Å². The maximum absolute atomic E-state index is 12.6. The monoisotopic (exact) mass is 460 g/mol. The number of amides is 2. The summed E-state index contributed by atoms with van der Waals surface area (Å²) in [6.45, 7) is 0.584. The quantitative estimate of drug-likeness (QED) is 0.295. The lowest BCUT2D eigenvalue weighted by atomic mass is 10.1. The van der Waals surface area contributed by atoms with Crippen molar-refractivity contribution in [2.75, 3.05) is 13.1 Å². The Labute approximate surface area is 192 Å². The molecule has 0 saturated carbocycles. The van der Waals surface area contributed by atoms with Gasteiger partial charge in [0.2, 0.25) is 11.8 Å². The number of halogens is 1. The van der Waals surface area contributed by atoms with Crippen molar-refractivity contribution < 1.29 is 14.1 Å². The number of rotatable bonds is 12. The van der Waals surface area contributed by atoms with Gasteiger partial charge in [0.25, 0.3) is 0 Å². The van der Waals surface area contributed by atoms with E-state index in [1.54, 1.807) is 0 Å². The van der Waals surface area contributed by atoms with Crippen molar-refractivity contribution in [1.29, 1.82) is 0 Å². The number of unbranched alkanes of at least 4 members (excludes halogenated alkanes) is 3. The molecule has 2 aromatic rings. The fraction of sp³-hybridized carbons (Fsp3) is 0.417. The first-order valence-electron chi connectivity index (χ1n) is 10.7. The third-order valence-electron chi connectivity index (χ3n) is 5.41. The molecule has 1 heterocycles. The molecule has 0 bridgehead atoms. The van der Waals surface area contributed by atoms with Gasteiger partial charge in [0.05, 0.1) is 6.42 Å². The van der Waals surface area contributed by atoms with Crippen LogP contribution in [0.5, 0.6) is 0 Å². The zero-order valence-corrected chi connectivity index (χ0v) is 19.2. The van der Waals surface area contributed by atoms with E-state index in [2.05, 4.69) is 17.4 Å². The van der Waals surface area contributed by atoms with E-state index in [4.69, 9.17) is 11.6 Å². The Bertz CT molecular complexity index is 848. The van der Waals surface area contributed by atoms with Crippen LogP contribution >= 0.6 is 11.6 Å². The van der Waals surface area contributed by atoms with E-state index >= 15 is 0 Å². The van der Waals surface area contributed by atoms with Crippen LogP contribution < -0.4 is 5.32 Å². The van der Waals surface area contributed by atoms with Gasteiger partial charge in [-0.05, 0) is 48.1 Å². The number of hydrogen-bond donors (Lipinski definition) is 1. The molecule has 0 aliphatic carbocycles. The summed E-state index contributed by atoms with van der Waals surface area (Å²) in [6, 6.07) is 17.5. The Morgan fingerprint density at radius 3 is 2.45 bits per heavy atom. The molecule has 1 aliphatic rings. The van der Waals surface area contributed by atoms with Crippen LogP contribution in [0.2, 0.25) is 5.02 Å². The van der Waals surface area contributed by atoms with E-state index in [1.165, 1.54) is 10.5 Å². The van der Waals surface area contributed by atoms with Crippen LogP contribution in [0.3, 0.4) is 0 Å². The van der Waals surface area contributed by atoms with Crippen LogP contribution in [-0.4, -0.2) is 39.7 Å². The minimum absolute atomic E-state index is 0.0133. The Kier molecular flexibility index (Phi) is 9.25. The standard InChI is InChI=1S/C24H29ClN2O3S/c25-21-13-11-19(12-14-21)8-4-1-2-7-15-26-22(28)17-27-23(29)16-24(27)31(30)18-20-9-5-3-6-10-20/h3,5-6,9-14,24H,1-2,4,7-8,15-18H2,(H,26,28)/t24?,31-/m1/s1. The molecule has 2 atom stereocenters. The molecule has 1 N–H and O–H groups in total. The molecule has 3 rings (SSSR count). The number of hydrogen-bond acceptors (Lipinski definition) is 3. The first kappa shape index (κ1) is 23.6. The molecule has 2 aromatic carbocycles. The average molecular weight is 461 g/mol. The van der Waals surface area contributed by atoms with E-state index < -0.39 is 11.2 Å². The van der Waals surface area contributed by atoms with Gasteiger partial charge >= 0.3 is 0 Å². The normalized spacial score (nSPS) is 16.6. The lowest BCUT2D eigenvalue weighted by Crippen LogP contribution is -2.59. The van der Waals surface area contributed by atoms with Gasteiger partial charge in [-0.3, -0.25) is 14.5 Å². The third kappa shape index (κ3) is 7.56. The first-order valence-corrected chi connectivity index (χ1v) is 12.5. The number of carbonyl (C=O) groups is 2. The molecule has 31 heavy (non-hydrogen) atoms. The van der Waals surface area contributed by atoms with Crippen LogP contribution in [0.15, 0.2) is 54.6 Å². The third-order valence-corrected chi connectivity index (χ3v) is 7.31. The van der Waals surface area contributed by atoms with Gasteiger partial charge in [-0.1, -0.05) is 66.9 Å². The van der Waals surface area contributed by atoms with Crippen molar-refractivity contribution in [3.63, 3.8) is 0 Å². The zero-order chi connectivity index (χ0) is 22.1. The summed E-state index contributed by atoms with van der Waals surface area (Å²) in [5, 5.41) is 3.27. The van der Waals surface area contributed by atoms with Crippen molar-refractivity contribution in [3.8, 4) is 0 Å². The van der Waals surface area contributed by atoms with E-state index in [-0.39, 0.29) is 30.2 Å². The Hall–Kier alpha value is -2.02. The summed E-state index contributed by atoms with van der Waals surface area (Å²) < 4.78 is 12.6. The highest BCUT2D eigenvalue weighted by Gasteiger charge is 2.45. The summed E-state index contributed by atoms with van der Waals surface area (Å²) in [5.41, 5.74) is 2.26. The minimum atomic E-state index is -1.21. The summed E-state index contributed by atoms with van der Waals surface area (Å²) >= 11 is 4.69. The maximum atomic E-state index is 12.6. The maximum Gasteiger partial charge on any atom is 0.239 e. The Morgan fingerprint density at radius 1 is 1.03 bits per heavy atom. The second-order valence-electron chi connectivity index (χ2n) is 7.83. The smallest absolute Gasteiger partial charge is 0.239 e. The van der Waals surface area contributed by atoms with Gasteiger partial charge in [-0.2, -0.15) is 0 Å². The highest BCUT2D eigenvalue weighted by Crippen LogP contribution is 2.26. The SMILES string of the molecule is O=C(CN1C(=O)CC1[S@+]([O-])Cc1ccccc1)NCCCCCCc1ccc(Cl)cc1. The molecule has 1 unspecified atom stereocenters. The van der Waals surface area contributed by atoms with Crippen LogP contribution in [0.4, 0.5) is 0 Å². The molecule has 1 aliphatic heterocycles. The van der Waals surface area contributed by atoms with Gasteiger partial charge in [0, 0.05) is 17.1 Å². The molecule has 0 aromatic heterocycles. The fourth-order valence-corrected chi connectivity index (χ4v) is 5.23. The van der Waals surface area contributed by atoms with Crippen molar-refractivity contribution in [2.24, 2.45) is 0 Å². The summed E-state index contributed by atoms with van der Waals surface area (Å²) in [4.78, 5) is 25.6. The highest BCUT2D eigenvalue weighted by atomic mass is 35.5. The Morgan fingerprint density at radius 2 is 1.74 bits per heavy atom. The summed E-state index contributed by atoms with van der Waals surface area (Å²) in [5.74, 6) is 0.104. The van der Waals surface area contributed by atoms with Crippen molar-refractivity contribution >= 4 is 34.6 Å². The molecule has 1 fully saturated rings. The number of aryl methyl sites for hydroxylation is 1. The summed E-state index contributed by atoms with van der Waals surface area (Å²) in [7, 11) is 0. The molecular weight excluding hydrogens is 432 g/mol. The van der Waals surface area contributed by atoms with Crippen molar-refractivity contribution in [3.05, 3.63) is 70.7 Å². The lowest BCUT2D eigenvalue weighted by molar-refractivity contribution is -0.145. The van der Waals surface area contributed by atoms with E-state index in [1.807, 2.05) is 42.5 Å². The zero-order valence-electron chi connectivity index (χ0n) is 17.6. The van der Waals surface area contributed by atoms with Crippen LogP contribution in [0.25, 0.3) is 0 Å². The van der Waals surface area contributed by atoms with Gasteiger partial charge in [0.1, 0.15) is 12.3 Å². The van der Waals surface area contributed by atoms with E-state index in [9.17, 15) is 14.1 Å². The van der Waals surface area contributed by atoms with Crippen LogP contribution in [-0.2, 0) is 32.9 Å². The predicted molar refractivity (Wildman–Crippen MR) is 125 cm³/mol. The minimum Gasteiger partial charge on any atom is -0.614 e. The van der Waals surface area contributed by atoms with E-state index in [0.29, 0.717) is 12.3 Å². The number of nitrogens with zero attached hydrogens (tertiary/aromatic N) is 1. The number of nitrogens with one attached hydrogen (secondary N) is 1. The molecule has 0 radical (unpaired) electrons. The first-order chi connectivity index (χ1) is 15.0. The second kappa shape index (κ2) is 12.1. The average Bonchev–Trinajstić information content (AvgIpc) is 2.77. The number of benzene rings is 2. The molecule has 7 heteroatoms. The van der Waals surface area contributed by atoms with Gasteiger partial charge in [-0.15, -0.1) is 0 Å². The van der Waals surface area contributed by atoms with Gasteiger partial charge in [-0.25, -0.2) is 0 Å². The van der Waals surface area contributed by atoms with Crippen molar-refractivity contribution in [2.45, 2.75) is 49.7 Å².